The van der Waals surface area contributed by atoms with Gasteiger partial charge < -0.3 is 9.47 Å². The molecule has 17 heavy (non-hydrogen) atoms. The summed E-state index contributed by atoms with van der Waals surface area (Å²) in [4.78, 5) is 24.8. The summed E-state index contributed by atoms with van der Waals surface area (Å²) >= 11 is 5.53. The van der Waals surface area contributed by atoms with Crippen LogP contribution in [0.5, 0.6) is 0 Å². The van der Waals surface area contributed by atoms with Crippen molar-refractivity contribution >= 4 is 23.7 Å². The number of hydrogen-bond acceptors (Lipinski definition) is 5. The summed E-state index contributed by atoms with van der Waals surface area (Å²) in [7, 11) is 0. The van der Waals surface area contributed by atoms with Crippen LogP contribution in [-0.2, 0) is 19.1 Å². The Morgan fingerprint density at radius 3 is 1.76 bits per heavy atom. The SMILES string of the molecule is CCOC(=O)CCC(CCC(=O)OCC)NCl. The quantitative estimate of drug-likeness (QED) is 0.509. The maximum atomic E-state index is 11.1. The third-order valence-corrected chi connectivity index (χ3v) is 2.47. The van der Waals surface area contributed by atoms with Crippen LogP contribution in [0.15, 0.2) is 0 Å². The van der Waals surface area contributed by atoms with E-state index in [1.165, 1.54) is 0 Å². The molecular weight excluding hydrogens is 246 g/mol. The smallest absolute Gasteiger partial charge is 0.305 e. The van der Waals surface area contributed by atoms with Crippen LogP contribution < -0.4 is 4.84 Å². The zero-order valence-corrected chi connectivity index (χ0v) is 11.1. The number of nitrogens with one attached hydrogen (secondary N) is 1. The molecule has 0 spiro atoms. The molecule has 0 aliphatic heterocycles. The standard InChI is InChI=1S/C11H20ClNO4/c1-3-16-10(14)7-5-9(13-12)6-8-11(15)17-4-2/h9,13H,3-8H2,1-2H3. The first-order valence-corrected chi connectivity index (χ1v) is 6.19. The number of carbonyl (C=O) groups excluding carboxylic acids is 2. The van der Waals surface area contributed by atoms with Gasteiger partial charge in [0.25, 0.3) is 0 Å². The molecule has 0 aliphatic carbocycles. The first-order chi connectivity index (χ1) is 8.13. The molecule has 0 unspecified atom stereocenters. The lowest BCUT2D eigenvalue weighted by Crippen LogP contribution is -2.23. The van der Waals surface area contributed by atoms with E-state index < -0.39 is 0 Å². The Morgan fingerprint density at radius 1 is 1.06 bits per heavy atom. The van der Waals surface area contributed by atoms with Crippen molar-refractivity contribution in [3.8, 4) is 0 Å². The molecule has 0 saturated carbocycles. The Kier molecular flexibility index (Phi) is 9.86. The number of hydrogen-bond donors (Lipinski definition) is 1. The van der Waals surface area contributed by atoms with Crippen molar-refractivity contribution in [2.75, 3.05) is 13.2 Å². The van der Waals surface area contributed by atoms with E-state index in [4.69, 9.17) is 21.3 Å². The number of esters is 2. The fourth-order valence-electron chi connectivity index (χ4n) is 1.30. The van der Waals surface area contributed by atoms with Gasteiger partial charge in [0.05, 0.1) is 13.2 Å². The van der Waals surface area contributed by atoms with E-state index in [0.717, 1.165) is 0 Å². The summed E-state index contributed by atoms with van der Waals surface area (Å²) in [5.74, 6) is -0.499. The molecule has 1 N–H and O–H groups in total. The second-order valence-corrected chi connectivity index (χ2v) is 3.71. The molecule has 0 radical (unpaired) electrons. The summed E-state index contributed by atoms with van der Waals surface area (Å²) in [6.07, 6.45) is 1.67. The van der Waals surface area contributed by atoms with Crippen molar-refractivity contribution in [2.24, 2.45) is 0 Å². The highest BCUT2D eigenvalue weighted by Gasteiger charge is 2.13. The van der Waals surface area contributed by atoms with Gasteiger partial charge in [-0.3, -0.25) is 9.59 Å². The second kappa shape index (κ2) is 10.4. The van der Waals surface area contributed by atoms with Crippen LogP contribution in [0.4, 0.5) is 0 Å². The molecule has 0 fully saturated rings. The second-order valence-electron chi connectivity index (χ2n) is 3.49. The van der Waals surface area contributed by atoms with E-state index in [-0.39, 0.29) is 18.0 Å². The van der Waals surface area contributed by atoms with Gasteiger partial charge in [-0.05, 0) is 38.5 Å². The van der Waals surface area contributed by atoms with E-state index in [0.29, 0.717) is 38.9 Å². The Morgan fingerprint density at radius 2 is 1.47 bits per heavy atom. The van der Waals surface area contributed by atoms with Gasteiger partial charge in [-0.1, -0.05) is 0 Å². The minimum Gasteiger partial charge on any atom is -0.466 e. The van der Waals surface area contributed by atoms with Crippen molar-refractivity contribution in [2.45, 2.75) is 45.6 Å². The number of carbonyl (C=O) groups is 2. The average molecular weight is 266 g/mol. The summed E-state index contributed by atoms with van der Waals surface area (Å²) in [5, 5.41) is 0. The first-order valence-electron chi connectivity index (χ1n) is 5.81. The number of rotatable bonds is 9. The monoisotopic (exact) mass is 265 g/mol. The van der Waals surface area contributed by atoms with E-state index in [1.807, 2.05) is 0 Å². The van der Waals surface area contributed by atoms with Crippen molar-refractivity contribution in [3.05, 3.63) is 0 Å². The van der Waals surface area contributed by atoms with Crippen LogP contribution in [-0.4, -0.2) is 31.2 Å². The zero-order chi connectivity index (χ0) is 13.1. The Labute approximate surface area is 107 Å². The van der Waals surface area contributed by atoms with E-state index >= 15 is 0 Å². The van der Waals surface area contributed by atoms with Crippen LogP contribution in [0.2, 0.25) is 0 Å². The average Bonchev–Trinajstić information content (AvgIpc) is 2.30. The molecule has 0 atom stereocenters. The van der Waals surface area contributed by atoms with Crippen molar-refractivity contribution < 1.29 is 19.1 Å². The predicted octanol–water partition coefficient (Wildman–Crippen LogP) is 1.78. The fourth-order valence-corrected chi connectivity index (χ4v) is 1.52. The molecule has 0 amide bonds. The predicted molar refractivity (Wildman–Crippen MR) is 64.5 cm³/mol. The van der Waals surface area contributed by atoms with E-state index in [9.17, 15) is 9.59 Å². The van der Waals surface area contributed by atoms with Crippen molar-refractivity contribution in [1.82, 2.24) is 4.84 Å². The lowest BCUT2D eigenvalue weighted by molar-refractivity contribution is -0.143. The van der Waals surface area contributed by atoms with Crippen LogP contribution >= 0.6 is 11.8 Å². The molecule has 100 valence electrons. The Balaban J connectivity index is 3.76. The fraction of sp³-hybridized carbons (Fsp3) is 0.818. The molecule has 0 aromatic rings. The maximum absolute atomic E-state index is 11.1. The van der Waals surface area contributed by atoms with Crippen LogP contribution in [0.25, 0.3) is 0 Å². The number of ether oxygens (including phenoxy) is 2. The van der Waals surface area contributed by atoms with Crippen molar-refractivity contribution in [3.63, 3.8) is 0 Å². The molecule has 6 heteroatoms. The third-order valence-electron chi connectivity index (χ3n) is 2.16. The van der Waals surface area contributed by atoms with Gasteiger partial charge in [-0.25, -0.2) is 4.84 Å². The lowest BCUT2D eigenvalue weighted by Gasteiger charge is -2.13. The highest BCUT2D eigenvalue weighted by atomic mass is 35.5. The van der Waals surface area contributed by atoms with Gasteiger partial charge in [0, 0.05) is 18.9 Å². The van der Waals surface area contributed by atoms with E-state index in [1.54, 1.807) is 13.8 Å². The van der Waals surface area contributed by atoms with Gasteiger partial charge >= 0.3 is 11.9 Å². The minimum absolute atomic E-state index is 0.0921. The normalized spacial score (nSPS) is 10.4. The van der Waals surface area contributed by atoms with Crippen LogP contribution in [0.3, 0.4) is 0 Å². The molecule has 0 aromatic heterocycles. The molecular formula is C11H20ClNO4. The summed E-state index contributed by atoms with van der Waals surface area (Å²) < 4.78 is 9.60. The van der Waals surface area contributed by atoms with Gasteiger partial charge in [0.2, 0.25) is 0 Å². The molecule has 0 bridgehead atoms. The van der Waals surface area contributed by atoms with Gasteiger partial charge in [0.15, 0.2) is 0 Å². The van der Waals surface area contributed by atoms with Gasteiger partial charge in [-0.15, -0.1) is 0 Å². The summed E-state index contributed by atoms with van der Waals surface area (Å²) in [6.45, 7) is 4.27. The largest absolute Gasteiger partial charge is 0.466 e. The topological polar surface area (TPSA) is 64.6 Å². The van der Waals surface area contributed by atoms with Crippen LogP contribution in [0.1, 0.15) is 39.5 Å². The molecule has 0 rings (SSSR count). The zero-order valence-electron chi connectivity index (χ0n) is 10.3. The lowest BCUT2D eigenvalue weighted by atomic mass is 10.1. The Bertz CT molecular complexity index is 214. The molecule has 0 aliphatic rings. The molecule has 5 nitrogen and oxygen atoms in total. The minimum atomic E-state index is -0.249. The molecule has 0 saturated heterocycles. The molecule has 0 heterocycles. The van der Waals surface area contributed by atoms with Gasteiger partial charge in [-0.2, -0.15) is 0 Å². The summed E-state index contributed by atoms with van der Waals surface area (Å²) in [5.41, 5.74) is 0. The van der Waals surface area contributed by atoms with Crippen molar-refractivity contribution in [1.29, 1.82) is 0 Å². The third kappa shape index (κ3) is 8.94. The Hall–Kier alpha value is -0.810. The maximum Gasteiger partial charge on any atom is 0.305 e. The first kappa shape index (κ1) is 16.2. The van der Waals surface area contributed by atoms with Gasteiger partial charge in [0.1, 0.15) is 0 Å². The highest BCUT2D eigenvalue weighted by Crippen LogP contribution is 2.08. The summed E-state index contributed by atoms with van der Waals surface area (Å²) in [6, 6.07) is -0.0921. The van der Waals surface area contributed by atoms with Crippen LogP contribution in [0, 0.1) is 0 Å². The molecule has 0 aromatic carbocycles. The highest BCUT2D eigenvalue weighted by molar-refractivity contribution is 6.13. The number of halogens is 1. The van der Waals surface area contributed by atoms with E-state index in [2.05, 4.69) is 4.84 Å².